The highest BCUT2D eigenvalue weighted by molar-refractivity contribution is 9.11. The molecule has 1 fully saturated rings. The van der Waals surface area contributed by atoms with E-state index in [1.165, 1.54) is 0 Å². The van der Waals surface area contributed by atoms with Crippen molar-refractivity contribution >= 4 is 27.3 Å². The summed E-state index contributed by atoms with van der Waals surface area (Å²) in [5, 5.41) is 4.07. The Morgan fingerprint density at radius 2 is 2.33 bits per heavy atom. The molecule has 1 aliphatic rings. The maximum absolute atomic E-state index is 6.17. The van der Waals surface area contributed by atoms with E-state index in [9.17, 15) is 0 Å². The molecule has 2 N–H and O–H groups in total. The van der Waals surface area contributed by atoms with Crippen molar-refractivity contribution in [3.05, 3.63) is 21.8 Å². The van der Waals surface area contributed by atoms with Crippen molar-refractivity contribution in [2.45, 2.75) is 32.9 Å². The second-order valence-electron chi connectivity index (χ2n) is 6.21. The van der Waals surface area contributed by atoms with Crippen molar-refractivity contribution in [3.8, 4) is 10.7 Å². The quantitative estimate of drug-likeness (QED) is 0.898. The molecule has 2 aromatic heterocycles. The van der Waals surface area contributed by atoms with E-state index in [-0.39, 0.29) is 11.5 Å². The normalized spacial score (nSPS) is 22.6. The molecule has 1 atom stereocenters. The van der Waals surface area contributed by atoms with Crippen LogP contribution in [0, 0.1) is 5.41 Å². The Kier molecular flexibility index (Phi) is 4.18. The molecule has 0 bridgehead atoms. The van der Waals surface area contributed by atoms with Gasteiger partial charge in [-0.15, -0.1) is 11.3 Å². The Morgan fingerprint density at radius 3 is 3.00 bits per heavy atom. The third kappa shape index (κ3) is 3.36. The lowest BCUT2D eigenvalue weighted by Crippen LogP contribution is -2.52. The van der Waals surface area contributed by atoms with E-state index in [4.69, 9.17) is 10.3 Å². The van der Waals surface area contributed by atoms with Gasteiger partial charge in [0.15, 0.2) is 0 Å². The molecule has 5 nitrogen and oxygen atoms in total. The third-order valence-corrected chi connectivity index (χ3v) is 5.63. The maximum Gasteiger partial charge on any atom is 0.241 e. The average Bonchev–Trinajstić information content (AvgIpc) is 3.02. The molecule has 3 rings (SSSR count). The van der Waals surface area contributed by atoms with Gasteiger partial charge in [0, 0.05) is 19.1 Å². The van der Waals surface area contributed by atoms with Gasteiger partial charge in [0.1, 0.15) is 0 Å². The Morgan fingerprint density at radius 1 is 1.52 bits per heavy atom. The Hall–Kier alpha value is -0.760. The van der Waals surface area contributed by atoms with E-state index in [0.29, 0.717) is 18.3 Å². The van der Waals surface area contributed by atoms with Crippen LogP contribution in [0.15, 0.2) is 20.4 Å². The second-order valence-corrected chi connectivity index (χ2v) is 8.67. The highest BCUT2D eigenvalue weighted by atomic mass is 79.9. The van der Waals surface area contributed by atoms with Crippen molar-refractivity contribution in [2.24, 2.45) is 11.1 Å². The second kappa shape index (κ2) is 5.79. The minimum Gasteiger partial charge on any atom is -0.338 e. The third-order valence-electron chi connectivity index (χ3n) is 4.01. The van der Waals surface area contributed by atoms with E-state index in [0.717, 1.165) is 28.2 Å². The lowest BCUT2D eigenvalue weighted by Gasteiger charge is -2.42. The molecular formula is C14H19BrN4OS. The fourth-order valence-electron chi connectivity index (χ4n) is 2.66. The summed E-state index contributed by atoms with van der Waals surface area (Å²) in [6, 6.07) is 4.24. The topological polar surface area (TPSA) is 68.2 Å². The number of hydrogen-bond acceptors (Lipinski definition) is 6. The number of nitrogens with two attached hydrogens (primary N) is 1. The van der Waals surface area contributed by atoms with Crippen LogP contribution < -0.4 is 5.73 Å². The fraction of sp³-hybridized carbons (Fsp3) is 0.571. The van der Waals surface area contributed by atoms with Gasteiger partial charge in [0.25, 0.3) is 0 Å². The summed E-state index contributed by atoms with van der Waals surface area (Å²) < 4.78 is 6.45. The summed E-state index contributed by atoms with van der Waals surface area (Å²) in [6.45, 7) is 7.05. The highest BCUT2D eigenvalue weighted by Crippen LogP contribution is 2.30. The number of aromatic nitrogens is 2. The first-order valence-corrected chi connectivity index (χ1v) is 8.61. The van der Waals surface area contributed by atoms with Crippen molar-refractivity contribution in [1.82, 2.24) is 15.0 Å². The molecule has 7 heteroatoms. The van der Waals surface area contributed by atoms with Crippen LogP contribution in [-0.4, -0.2) is 34.2 Å². The first kappa shape index (κ1) is 15.1. The molecular weight excluding hydrogens is 352 g/mol. The predicted octanol–water partition coefficient (Wildman–Crippen LogP) is 3.12. The summed E-state index contributed by atoms with van der Waals surface area (Å²) in [5.41, 5.74) is 6.29. The number of piperidine rings is 1. The molecule has 0 radical (unpaired) electrons. The van der Waals surface area contributed by atoms with Crippen molar-refractivity contribution in [3.63, 3.8) is 0 Å². The number of nitrogens with zero attached hydrogens (tertiary/aromatic N) is 3. The van der Waals surface area contributed by atoms with Gasteiger partial charge in [-0.2, -0.15) is 4.98 Å². The van der Waals surface area contributed by atoms with Crippen LogP contribution in [0.5, 0.6) is 0 Å². The minimum absolute atomic E-state index is 0.125. The van der Waals surface area contributed by atoms with Crippen molar-refractivity contribution in [2.75, 3.05) is 13.1 Å². The smallest absolute Gasteiger partial charge is 0.241 e. The summed E-state index contributed by atoms with van der Waals surface area (Å²) in [5.74, 6) is 1.33. The molecule has 1 aliphatic heterocycles. The molecule has 114 valence electrons. The van der Waals surface area contributed by atoms with E-state index in [2.05, 4.69) is 44.8 Å². The fourth-order valence-corrected chi connectivity index (χ4v) is 3.98. The molecule has 0 amide bonds. The van der Waals surface area contributed by atoms with Crippen LogP contribution in [0.4, 0.5) is 0 Å². The van der Waals surface area contributed by atoms with Crippen LogP contribution in [0.3, 0.4) is 0 Å². The maximum atomic E-state index is 6.17. The summed E-state index contributed by atoms with van der Waals surface area (Å²) in [7, 11) is 0. The first-order chi connectivity index (χ1) is 9.94. The standard InChI is InChI=1S/C14H19BrN4OS/c1-14(2)8-19(6-5-10(14)16)7-12-17-13(18-20-12)9-3-4-11(15)21-9/h3-4,10H,5-8,16H2,1-2H3. The zero-order chi connectivity index (χ0) is 15.0. The minimum atomic E-state index is 0.125. The van der Waals surface area contributed by atoms with Crippen LogP contribution in [0.2, 0.25) is 0 Å². The van der Waals surface area contributed by atoms with E-state index >= 15 is 0 Å². The Bertz CT molecular complexity index is 624. The molecule has 1 saturated heterocycles. The molecule has 2 aromatic rings. The zero-order valence-electron chi connectivity index (χ0n) is 12.2. The SMILES string of the molecule is CC1(C)CN(Cc2nc(-c3ccc(Br)s3)no2)CCC1N. The lowest BCUT2D eigenvalue weighted by atomic mass is 9.80. The van der Waals surface area contributed by atoms with E-state index in [1.807, 2.05) is 12.1 Å². The van der Waals surface area contributed by atoms with Gasteiger partial charge in [-0.3, -0.25) is 4.90 Å². The molecule has 21 heavy (non-hydrogen) atoms. The number of thiophene rings is 1. The number of likely N-dealkylation sites (tertiary alicyclic amines) is 1. The molecule has 1 unspecified atom stereocenters. The first-order valence-electron chi connectivity index (χ1n) is 7.00. The van der Waals surface area contributed by atoms with Gasteiger partial charge in [-0.1, -0.05) is 19.0 Å². The largest absolute Gasteiger partial charge is 0.338 e. The molecule has 3 heterocycles. The molecule has 0 aliphatic carbocycles. The van der Waals surface area contributed by atoms with E-state index < -0.39 is 0 Å². The Labute approximate surface area is 136 Å². The van der Waals surface area contributed by atoms with Crippen molar-refractivity contribution in [1.29, 1.82) is 0 Å². The van der Waals surface area contributed by atoms with Crippen LogP contribution in [-0.2, 0) is 6.54 Å². The van der Waals surface area contributed by atoms with Gasteiger partial charge >= 0.3 is 0 Å². The van der Waals surface area contributed by atoms with Gasteiger partial charge in [0.05, 0.1) is 15.2 Å². The zero-order valence-corrected chi connectivity index (χ0v) is 14.6. The molecule has 0 aromatic carbocycles. The van der Waals surface area contributed by atoms with Gasteiger partial charge < -0.3 is 10.3 Å². The van der Waals surface area contributed by atoms with Gasteiger partial charge in [-0.05, 0) is 39.9 Å². The summed E-state index contributed by atoms with van der Waals surface area (Å²) >= 11 is 5.05. The Balaban J connectivity index is 1.68. The summed E-state index contributed by atoms with van der Waals surface area (Å²) in [4.78, 5) is 7.84. The predicted molar refractivity (Wildman–Crippen MR) is 87.0 cm³/mol. The number of halogens is 1. The van der Waals surface area contributed by atoms with Crippen LogP contribution in [0.25, 0.3) is 10.7 Å². The van der Waals surface area contributed by atoms with Gasteiger partial charge in [-0.25, -0.2) is 0 Å². The van der Waals surface area contributed by atoms with Gasteiger partial charge in [0.2, 0.25) is 11.7 Å². The average molecular weight is 371 g/mol. The van der Waals surface area contributed by atoms with Crippen molar-refractivity contribution < 1.29 is 4.52 Å². The molecule has 0 saturated carbocycles. The highest BCUT2D eigenvalue weighted by Gasteiger charge is 2.33. The number of rotatable bonds is 3. The lowest BCUT2D eigenvalue weighted by molar-refractivity contribution is 0.0811. The van der Waals surface area contributed by atoms with Crippen LogP contribution in [0.1, 0.15) is 26.2 Å². The van der Waals surface area contributed by atoms with E-state index in [1.54, 1.807) is 11.3 Å². The molecule has 0 spiro atoms. The number of hydrogen-bond donors (Lipinski definition) is 1. The monoisotopic (exact) mass is 370 g/mol. The van der Waals surface area contributed by atoms with Crippen LogP contribution >= 0.6 is 27.3 Å². The summed E-state index contributed by atoms with van der Waals surface area (Å²) in [6.07, 6.45) is 1.01.